The molecule has 4 rings (SSSR count). The molecule has 0 unspecified atom stereocenters. The molecule has 0 aliphatic carbocycles. The zero-order valence-electron chi connectivity index (χ0n) is 15.6. The fraction of sp³-hybridized carbons (Fsp3) is 0.0455. The van der Waals surface area contributed by atoms with Crippen LogP contribution in [0.1, 0.15) is 23.0 Å². The molecular formula is C22H14Cl2N2O4. The van der Waals surface area contributed by atoms with Crippen LogP contribution in [0.2, 0.25) is 10.0 Å². The number of furan rings is 1. The zero-order chi connectivity index (χ0) is 21.4. The van der Waals surface area contributed by atoms with Crippen LogP contribution in [0, 0.1) is 0 Å². The fourth-order valence-corrected chi connectivity index (χ4v) is 3.47. The van der Waals surface area contributed by atoms with Crippen LogP contribution in [-0.2, 0) is 4.79 Å². The van der Waals surface area contributed by atoms with Gasteiger partial charge in [-0.25, -0.2) is 4.79 Å². The molecule has 1 N–H and O–H groups in total. The van der Waals surface area contributed by atoms with Crippen molar-refractivity contribution < 1.29 is 19.1 Å². The number of hydrogen-bond donors (Lipinski definition) is 1. The number of rotatable bonds is 4. The molecule has 3 aromatic rings. The average molecular weight is 441 g/mol. The molecule has 0 saturated carbocycles. The first-order valence-corrected chi connectivity index (χ1v) is 9.60. The van der Waals surface area contributed by atoms with Gasteiger partial charge >= 0.3 is 5.97 Å². The summed E-state index contributed by atoms with van der Waals surface area (Å²) in [7, 11) is 0. The fourth-order valence-electron chi connectivity index (χ4n) is 3.05. The quantitative estimate of drug-likeness (QED) is 0.522. The van der Waals surface area contributed by atoms with Crippen LogP contribution in [0.3, 0.4) is 0 Å². The van der Waals surface area contributed by atoms with E-state index in [1.807, 2.05) is 18.2 Å². The van der Waals surface area contributed by atoms with Crippen LogP contribution in [0.4, 0.5) is 5.69 Å². The summed E-state index contributed by atoms with van der Waals surface area (Å²) >= 11 is 12.1. The van der Waals surface area contributed by atoms with Gasteiger partial charge in [0.1, 0.15) is 11.5 Å². The number of benzene rings is 2. The minimum absolute atomic E-state index is 0.0806. The van der Waals surface area contributed by atoms with Gasteiger partial charge in [-0.1, -0.05) is 35.3 Å². The Hall–Kier alpha value is -3.35. The van der Waals surface area contributed by atoms with Crippen LogP contribution in [0.25, 0.3) is 17.4 Å². The minimum Gasteiger partial charge on any atom is -0.478 e. The van der Waals surface area contributed by atoms with E-state index in [0.29, 0.717) is 33.5 Å². The highest BCUT2D eigenvalue weighted by molar-refractivity contribution is 6.34. The topological polar surface area (TPSA) is 83.1 Å². The summed E-state index contributed by atoms with van der Waals surface area (Å²) in [4.78, 5) is 24.2. The molecule has 0 saturated heterocycles. The van der Waals surface area contributed by atoms with Gasteiger partial charge in [0.15, 0.2) is 0 Å². The minimum atomic E-state index is -1.19. The van der Waals surface area contributed by atoms with Gasteiger partial charge < -0.3 is 9.52 Å². The first-order chi connectivity index (χ1) is 14.3. The van der Waals surface area contributed by atoms with Gasteiger partial charge in [0.2, 0.25) is 0 Å². The lowest BCUT2D eigenvalue weighted by Gasteiger charge is -2.12. The molecule has 1 amide bonds. The van der Waals surface area contributed by atoms with E-state index in [4.69, 9.17) is 27.6 Å². The summed E-state index contributed by atoms with van der Waals surface area (Å²) in [5.74, 6) is -0.547. The second-order valence-electron chi connectivity index (χ2n) is 6.51. The second kappa shape index (κ2) is 7.82. The molecule has 30 heavy (non-hydrogen) atoms. The van der Waals surface area contributed by atoms with Gasteiger partial charge in [-0.2, -0.15) is 10.1 Å². The third-order valence-electron chi connectivity index (χ3n) is 4.54. The molecule has 0 bridgehead atoms. The third kappa shape index (κ3) is 3.63. The average Bonchev–Trinajstić information content (AvgIpc) is 3.29. The van der Waals surface area contributed by atoms with Gasteiger partial charge in [-0.3, -0.25) is 4.79 Å². The standard InChI is InChI=1S/C22H14Cl2N2O4/c1-12-16(11-14-7-9-20(30-14)15-4-2-3-5-18(15)23)21(27)26(25-12)13-6-8-19(24)17(10-13)22(28)29/h2-11H,1H3,(H,28,29)/b16-11-. The summed E-state index contributed by atoms with van der Waals surface area (Å²) in [5.41, 5.74) is 1.75. The summed E-state index contributed by atoms with van der Waals surface area (Å²) < 4.78 is 5.83. The molecule has 6 nitrogen and oxygen atoms in total. The predicted octanol–water partition coefficient (Wildman–Crippen LogP) is 5.76. The number of nitrogens with zero attached hydrogens (tertiary/aromatic N) is 2. The monoisotopic (exact) mass is 440 g/mol. The molecule has 0 fully saturated rings. The van der Waals surface area contributed by atoms with Crippen LogP contribution >= 0.6 is 23.2 Å². The summed E-state index contributed by atoms with van der Waals surface area (Å²) in [6.45, 7) is 1.69. The number of aromatic carboxylic acids is 1. The van der Waals surface area contributed by atoms with E-state index in [1.165, 1.54) is 18.2 Å². The SMILES string of the molecule is CC1=NN(c2ccc(Cl)c(C(=O)O)c2)C(=O)/C1=C\c1ccc(-c2ccccc2Cl)o1. The van der Waals surface area contributed by atoms with Crippen molar-refractivity contribution in [3.63, 3.8) is 0 Å². The van der Waals surface area contributed by atoms with E-state index < -0.39 is 11.9 Å². The lowest BCUT2D eigenvalue weighted by atomic mass is 10.1. The Morgan fingerprint density at radius 3 is 2.60 bits per heavy atom. The maximum Gasteiger partial charge on any atom is 0.337 e. The second-order valence-corrected chi connectivity index (χ2v) is 7.33. The van der Waals surface area contributed by atoms with Crippen molar-refractivity contribution in [1.82, 2.24) is 0 Å². The van der Waals surface area contributed by atoms with Crippen LogP contribution < -0.4 is 5.01 Å². The number of carboxylic acids is 1. The summed E-state index contributed by atoms with van der Waals surface area (Å²) in [6, 6.07) is 15.1. The zero-order valence-corrected chi connectivity index (χ0v) is 17.1. The molecule has 1 aliphatic rings. The van der Waals surface area contributed by atoms with Crippen LogP contribution in [0.5, 0.6) is 0 Å². The van der Waals surface area contributed by atoms with E-state index in [0.717, 1.165) is 10.6 Å². The third-order valence-corrected chi connectivity index (χ3v) is 5.20. The number of carbonyl (C=O) groups is 2. The first kappa shape index (κ1) is 19.9. The van der Waals surface area contributed by atoms with E-state index in [2.05, 4.69) is 5.10 Å². The number of halogens is 2. The van der Waals surface area contributed by atoms with Gasteiger partial charge in [-0.15, -0.1) is 0 Å². The Morgan fingerprint density at radius 1 is 1.10 bits per heavy atom. The molecule has 0 radical (unpaired) electrons. The van der Waals surface area contributed by atoms with Gasteiger partial charge in [-0.05, 0) is 55.5 Å². The highest BCUT2D eigenvalue weighted by atomic mass is 35.5. The van der Waals surface area contributed by atoms with Crippen molar-refractivity contribution in [1.29, 1.82) is 0 Å². The number of carbonyl (C=O) groups excluding carboxylic acids is 1. The Balaban J connectivity index is 1.65. The van der Waals surface area contributed by atoms with Crippen molar-refractivity contribution >= 4 is 52.6 Å². The van der Waals surface area contributed by atoms with E-state index in [-0.39, 0.29) is 10.6 Å². The molecule has 150 valence electrons. The maximum atomic E-state index is 12.9. The summed E-state index contributed by atoms with van der Waals surface area (Å²) in [5, 5.41) is 15.3. The van der Waals surface area contributed by atoms with Gasteiger partial charge in [0.05, 0.1) is 32.6 Å². The Kier molecular flexibility index (Phi) is 5.20. The maximum absolute atomic E-state index is 12.9. The van der Waals surface area contributed by atoms with Crippen molar-refractivity contribution in [2.75, 3.05) is 5.01 Å². The Morgan fingerprint density at radius 2 is 1.87 bits per heavy atom. The highest BCUT2D eigenvalue weighted by Gasteiger charge is 2.30. The molecule has 2 heterocycles. The molecule has 1 aromatic heterocycles. The first-order valence-electron chi connectivity index (χ1n) is 8.84. The molecule has 8 heteroatoms. The smallest absolute Gasteiger partial charge is 0.337 e. The Labute approximate surface area is 181 Å². The number of anilines is 1. The van der Waals surface area contributed by atoms with Crippen LogP contribution in [0.15, 0.2) is 69.7 Å². The van der Waals surface area contributed by atoms with Crippen LogP contribution in [-0.4, -0.2) is 22.7 Å². The summed E-state index contributed by atoms with van der Waals surface area (Å²) in [6.07, 6.45) is 1.59. The number of hydrogen-bond acceptors (Lipinski definition) is 4. The number of carboxylic acid groups (broad SMARTS) is 1. The number of hydrazone groups is 1. The molecule has 0 atom stereocenters. The highest BCUT2D eigenvalue weighted by Crippen LogP contribution is 2.31. The van der Waals surface area contributed by atoms with E-state index >= 15 is 0 Å². The molecule has 0 spiro atoms. The normalized spacial score (nSPS) is 15.0. The van der Waals surface area contributed by atoms with Gasteiger partial charge in [0, 0.05) is 5.56 Å². The largest absolute Gasteiger partial charge is 0.478 e. The predicted molar refractivity (Wildman–Crippen MR) is 116 cm³/mol. The lowest BCUT2D eigenvalue weighted by molar-refractivity contribution is -0.114. The van der Waals surface area contributed by atoms with E-state index in [1.54, 1.807) is 31.2 Å². The van der Waals surface area contributed by atoms with Crippen molar-refractivity contribution in [2.24, 2.45) is 5.10 Å². The number of amides is 1. The van der Waals surface area contributed by atoms with Gasteiger partial charge in [0.25, 0.3) is 5.91 Å². The Bertz CT molecular complexity index is 1240. The van der Waals surface area contributed by atoms with E-state index in [9.17, 15) is 14.7 Å². The van der Waals surface area contributed by atoms with Crippen molar-refractivity contribution in [3.8, 4) is 11.3 Å². The lowest BCUT2D eigenvalue weighted by Crippen LogP contribution is -2.21. The molecule has 2 aromatic carbocycles. The van der Waals surface area contributed by atoms with Crippen molar-refractivity contribution in [3.05, 3.63) is 81.5 Å². The molecular weight excluding hydrogens is 427 g/mol. The van der Waals surface area contributed by atoms with Crippen molar-refractivity contribution in [2.45, 2.75) is 6.92 Å². The molecule has 1 aliphatic heterocycles.